The minimum atomic E-state index is -2.48. The van der Waals surface area contributed by atoms with Crippen molar-refractivity contribution in [2.24, 2.45) is 0 Å². The number of aliphatic hydroxyl groups excluding tert-OH is 6. The van der Waals surface area contributed by atoms with Crippen LogP contribution in [0.2, 0.25) is 0 Å². The van der Waals surface area contributed by atoms with E-state index in [0.717, 1.165) is 12.2 Å². The second-order valence-electron chi connectivity index (χ2n) is 11.0. The van der Waals surface area contributed by atoms with Crippen molar-refractivity contribution in [1.29, 1.82) is 0 Å². The molecule has 9 atom stereocenters. The van der Waals surface area contributed by atoms with Crippen LogP contribution >= 0.6 is 0 Å². The summed E-state index contributed by atoms with van der Waals surface area (Å²) in [6, 6.07) is 8.68. The molecule has 2 aromatic carbocycles. The standard InChI is InChI=1S/C32H38O17/c1-43-19-11-17(12-20(44-2)25(19)38)6-10-24(37)47-30-27(40)21(13-33)48-32(30,15-34)49-31-29(42)28(41)26(39)22(46-31)14-45-23(36)9-5-16-3-7-18(35)8-4-16/h3-12,21-22,26-31,33-35,38-42H,13-15H2,1-2H3/b9-5-,10-6+/t21-,22+,26+,27+,28-,29+,30-,31+,32+/m0/s1. The summed E-state index contributed by atoms with van der Waals surface area (Å²) < 4.78 is 37.5. The van der Waals surface area contributed by atoms with E-state index in [1.165, 1.54) is 50.6 Å². The number of aromatic hydroxyl groups is 2. The minimum absolute atomic E-state index is 0.0303. The average molecular weight is 695 g/mol. The Labute approximate surface area is 279 Å². The van der Waals surface area contributed by atoms with E-state index < -0.39 is 86.6 Å². The fourth-order valence-electron chi connectivity index (χ4n) is 5.06. The van der Waals surface area contributed by atoms with Gasteiger partial charge >= 0.3 is 11.9 Å². The molecule has 17 nitrogen and oxygen atoms in total. The summed E-state index contributed by atoms with van der Waals surface area (Å²) in [7, 11) is 2.62. The lowest BCUT2D eigenvalue weighted by Crippen LogP contribution is -2.63. The average Bonchev–Trinajstić information content (AvgIpc) is 3.36. The number of hydrogen-bond donors (Lipinski definition) is 8. The molecule has 0 bridgehead atoms. The number of ether oxygens (including phenoxy) is 7. The fourth-order valence-corrected chi connectivity index (χ4v) is 5.06. The van der Waals surface area contributed by atoms with E-state index in [2.05, 4.69) is 0 Å². The van der Waals surface area contributed by atoms with Gasteiger partial charge in [-0.15, -0.1) is 0 Å². The zero-order chi connectivity index (χ0) is 35.9. The number of methoxy groups -OCH3 is 2. The third-order valence-corrected chi connectivity index (χ3v) is 7.71. The lowest BCUT2D eigenvalue weighted by atomic mass is 9.99. The Morgan fingerprint density at radius 1 is 0.816 bits per heavy atom. The van der Waals surface area contributed by atoms with Crippen LogP contribution in [0, 0.1) is 0 Å². The largest absolute Gasteiger partial charge is 0.508 e. The van der Waals surface area contributed by atoms with Crippen molar-refractivity contribution in [3.05, 3.63) is 59.7 Å². The van der Waals surface area contributed by atoms with Gasteiger partial charge < -0.3 is 74.0 Å². The summed E-state index contributed by atoms with van der Waals surface area (Å²) in [5.41, 5.74) is 0.898. The van der Waals surface area contributed by atoms with Crippen molar-refractivity contribution < 1.29 is 83.6 Å². The second kappa shape index (κ2) is 16.4. The van der Waals surface area contributed by atoms with Crippen LogP contribution in [0.25, 0.3) is 12.2 Å². The Morgan fingerprint density at radius 3 is 2.02 bits per heavy atom. The van der Waals surface area contributed by atoms with E-state index in [1.807, 2.05) is 0 Å². The van der Waals surface area contributed by atoms with Gasteiger partial charge in [0.25, 0.3) is 0 Å². The lowest BCUT2D eigenvalue weighted by molar-refractivity contribution is -0.383. The molecular formula is C32H38O17. The monoisotopic (exact) mass is 694 g/mol. The molecule has 8 N–H and O–H groups in total. The highest BCUT2D eigenvalue weighted by atomic mass is 16.8. The highest BCUT2D eigenvalue weighted by Crippen LogP contribution is 2.39. The summed E-state index contributed by atoms with van der Waals surface area (Å²) in [5, 5.41) is 82.2. The Morgan fingerprint density at radius 2 is 1.43 bits per heavy atom. The number of esters is 2. The number of rotatable bonds is 13. The van der Waals surface area contributed by atoms with Crippen LogP contribution in [-0.2, 0) is 33.3 Å². The Balaban J connectivity index is 1.48. The van der Waals surface area contributed by atoms with E-state index in [4.69, 9.17) is 33.2 Å². The molecule has 268 valence electrons. The van der Waals surface area contributed by atoms with Crippen molar-refractivity contribution in [2.45, 2.75) is 54.8 Å². The third kappa shape index (κ3) is 8.66. The number of phenolic OH excluding ortho intramolecular Hbond substituents is 2. The van der Waals surface area contributed by atoms with Crippen LogP contribution in [0.3, 0.4) is 0 Å². The van der Waals surface area contributed by atoms with Gasteiger partial charge in [0.1, 0.15) is 55.6 Å². The molecule has 4 rings (SSSR count). The van der Waals surface area contributed by atoms with E-state index in [9.17, 15) is 50.4 Å². The second-order valence-corrected chi connectivity index (χ2v) is 11.0. The van der Waals surface area contributed by atoms with Crippen molar-refractivity contribution in [1.82, 2.24) is 0 Å². The first kappa shape index (κ1) is 37.5. The smallest absolute Gasteiger partial charge is 0.331 e. The van der Waals surface area contributed by atoms with E-state index in [-0.39, 0.29) is 23.0 Å². The van der Waals surface area contributed by atoms with Gasteiger partial charge in [-0.2, -0.15) is 0 Å². The predicted octanol–water partition coefficient (Wildman–Crippen LogP) is -1.44. The lowest BCUT2D eigenvalue weighted by Gasteiger charge is -2.43. The normalized spacial score (nSPS) is 30.0. The first-order valence-electron chi connectivity index (χ1n) is 14.8. The van der Waals surface area contributed by atoms with Gasteiger partial charge in [-0.05, 0) is 47.5 Å². The molecule has 2 aliphatic heterocycles. The predicted molar refractivity (Wildman–Crippen MR) is 164 cm³/mol. The van der Waals surface area contributed by atoms with Gasteiger partial charge in [-0.1, -0.05) is 12.1 Å². The summed E-state index contributed by atoms with van der Waals surface area (Å²) in [4.78, 5) is 25.2. The quantitative estimate of drug-likeness (QED) is 0.0882. The summed E-state index contributed by atoms with van der Waals surface area (Å²) in [6.07, 6.45) is -9.59. The van der Waals surface area contributed by atoms with E-state index in [1.54, 1.807) is 12.1 Å². The van der Waals surface area contributed by atoms with Crippen molar-refractivity contribution in [2.75, 3.05) is 34.0 Å². The Hall–Kier alpha value is -4.30. The molecule has 17 heteroatoms. The van der Waals surface area contributed by atoms with Crippen LogP contribution in [0.4, 0.5) is 0 Å². The van der Waals surface area contributed by atoms with Gasteiger partial charge in [-0.3, -0.25) is 0 Å². The maximum Gasteiger partial charge on any atom is 0.331 e. The zero-order valence-electron chi connectivity index (χ0n) is 26.3. The van der Waals surface area contributed by atoms with Crippen LogP contribution in [-0.4, -0.2) is 142 Å². The molecule has 2 aliphatic rings. The molecule has 2 heterocycles. The highest BCUT2D eigenvalue weighted by Gasteiger charge is 2.60. The number of aliphatic hydroxyl groups is 6. The highest BCUT2D eigenvalue weighted by molar-refractivity contribution is 5.88. The SMILES string of the molecule is COc1cc(/C=C/C(=O)O[C@H]2[C@H](O)[C@H](CO)O[C@]2(CO)O[C@H]2O[C@H](COC(=O)/C=C\c3ccc(O)cc3)[C@@H](O)[C@H](O)[C@H]2O)cc(OC)c1O. The van der Waals surface area contributed by atoms with Crippen LogP contribution in [0.1, 0.15) is 11.1 Å². The van der Waals surface area contributed by atoms with Crippen molar-refractivity contribution in [3.8, 4) is 23.0 Å². The first-order valence-corrected chi connectivity index (χ1v) is 14.8. The molecule has 0 saturated carbocycles. The number of benzene rings is 2. The number of carbonyl (C=O) groups is 2. The summed E-state index contributed by atoms with van der Waals surface area (Å²) >= 11 is 0. The summed E-state index contributed by atoms with van der Waals surface area (Å²) in [5.74, 6) is -4.60. The topological polar surface area (TPSA) is 261 Å². The maximum absolute atomic E-state index is 12.9. The van der Waals surface area contributed by atoms with Gasteiger partial charge in [0.05, 0.1) is 20.8 Å². The Kier molecular flexibility index (Phi) is 12.6. The van der Waals surface area contributed by atoms with E-state index >= 15 is 0 Å². The van der Waals surface area contributed by atoms with Crippen molar-refractivity contribution >= 4 is 24.1 Å². The molecule has 2 fully saturated rings. The third-order valence-electron chi connectivity index (χ3n) is 7.71. The van der Waals surface area contributed by atoms with E-state index in [0.29, 0.717) is 11.1 Å². The number of hydrogen-bond acceptors (Lipinski definition) is 17. The molecule has 0 unspecified atom stereocenters. The minimum Gasteiger partial charge on any atom is -0.508 e. The maximum atomic E-state index is 12.9. The molecule has 2 aromatic rings. The molecule has 0 aromatic heterocycles. The first-order chi connectivity index (χ1) is 23.4. The molecule has 0 spiro atoms. The van der Waals surface area contributed by atoms with Gasteiger partial charge in [-0.25, -0.2) is 9.59 Å². The molecule has 0 aliphatic carbocycles. The van der Waals surface area contributed by atoms with Gasteiger partial charge in [0.15, 0.2) is 23.9 Å². The van der Waals surface area contributed by atoms with Gasteiger partial charge in [0, 0.05) is 12.2 Å². The molecular weight excluding hydrogens is 656 g/mol. The van der Waals surface area contributed by atoms with Gasteiger partial charge in [0.2, 0.25) is 11.5 Å². The van der Waals surface area contributed by atoms with Crippen molar-refractivity contribution in [3.63, 3.8) is 0 Å². The van der Waals surface area contributed by atoms with Crippen LogP contribution in [0.15, 0.2) is 48.6 Å². The Bertz CT molecular complexity index is 1470. The zero-order valence-corrected chi connectivity index (χ0v) is 26.3. The van der Waals surface area contributed by atoms with Crippen LogP contribution in [0.5, 0.6) is 23.0 Å². The van der Waals surface area contributed by atoms with Crippen LogP contribution < -0.4 is 9.47 Å². The molecule has 49 heavy (non-hydrogen) atoms. The molecule has 2 saturated heterocycles. The fraction of sp³-hybridized carbons (Fsp3) is 0.438. The molecule has 0 radical (unpaired) electrons. The number of phenols is 2. The summed E-state index contributed by atoms with van der Waals surface area (Å²) in [6.45, 7) is -2.61. The number of carbonyl (C=O) groups excluding carboxylic acids is 2. The molecule has 0 amide bonds.